The van der Waals surface area contributed by atoms with Gasteiger partial charge < -0.3 is 14.2 Å². The highest BCUT2D eigenvalue weighted by atomic mass is 79.9. The highest BCUT2D eigenvalue weighted by molar-refractivity contribution is 9.10. The molecule has 0 aromatic heterocycles. The van der Waals surface area contributed by atoms with Crippen molar-refractivity contribution in [3.63, 3.8) is 0 Å². The Balaban J connectivity index is 2.51. The molecule has 5 nitrogen and oxygen atoms in total. The number of hydrogen-bond acceptors (Lipinski definition) is 5. The molecule has 2 N–H and O–H groups in total. The Morgan fingerprint density at radius 1 is 1.53 bits per heavy atom. The van der Waals surface area contributed by atoms with Gasteiger partial charge in [0.1, 0.15) is 10.2 Å². The molecule has 0 bridgehead atoms. The predicted octanol–water partition coefficient (Wildman–Crippen LogP) is 1.58. The molecule has 82 valence electrons. The summed E-state index contributed by atoms with van der Waals surface area (Å²) in [5.74, 6) is 6.99. The van der Waals surface area contributed by atoms with Gasteiger partial charge in [-0.05, 0) is 22.0 Å². The minimum absolute atomic E-state index is 0.212. The second-order valence-corrected chi connectivity index (χ2v) is 3.72. The van der Waals surface area contributed by atoms with Gasteiger partial charge in [-0.3, -0.25) is 4.84 Å². The van der Waals surface area contributed by atoms with Crippen molar-refractivity contribution in [2.24, 2.45) is 5.90 Å². The summed E-state index contributed by atoms with van der Waals surface area (Å²) in [5, 5.41) is 0. The number of hydrogen-bond donors (Lipinski definition) is 1. The van der Waals surface area contributed by atoms with Gasteiger partial charge in [-0.2, -0.15) is 0 Å². The lowest BCUT2D eigenvalue weighted by molar-refractivity contribution is 0.122. The lowest BCUT2D eigenvalue weighted by Crippen LogP contribution is -2.01. The Hall–Kier alpha value is -0.980. The number of nitrogens with two attached hydrogens (primary N) is 1. The fourth-order valence-corrected chi connectivity index (χ4v) is 2.18. The summed E-state index contributed by atoms with van der Waals surface area (Å²) in [7, 11) is 1.57. The van der Waals surface area contributed by atoms with Crippen molar-refractivity contribution in [2.75, 3.05) is 13.9 Å². The maximum Gasteiger partial charge on any atom is 0.231 e. The second kappa shape index (κ2) is 4.26. The first kappa shape index (κ1) is 10.5. The van der Waals surface area contributed by atoms with E-state index in [9.17, 15) is 0 Å². The third-order valence-electron chi connectivity index (χ3n) is 2.08. The van der Waals surface area contributed by atoms with Crippen molar-refractivity contribution >= 4 is 15.9 Å². The van der Waals surface area contributed by atoms with Crippen molar-refractivity contribution in [3.8, 4) is 17.2 Å². The second-order valence-electron chi connectivity index (χ2n) is 2.93. The minimum Gasteiger partial charge on any atom is -0.495 e. The zero-order valence-electron chi connectivity index (χ0n) is 8.08. The summed E-state index contributed by atoms with van der Waals surface area (Å²) in [5.41, 5.74) is 0.802. The molecule has 15 heavy (non-hydrogen) atoms. The van der Waals surface area contributed by atoms with Crippen molar-refractivity contribution in [1.29, 1.82) is 0 Å². The standard InChI is InChI=1S/C9H10BrNO4/c1-12-8-5(3-15-11)2-6-9(7(8)10)14-4-13-6/h2H,3-4,11H2,1H3. The molecule has 6 heteroatoms. The molecule has 0 unspecified atom stereocenters. The number of methoxy groups -OCH3 is 1. The molecule has 1 aromatic carbocycles. The number of halogens is 1. The van der Waals surface area contributed by atoms with Gasteiger partial charge in [0.05, 0.1) is 13.7 Å². The first-order valence-corrected chi connectivity index (χ1v) is 5.04. The van der Waals surface area contributed by atoms with Crippen molar-refractivity contribution in [2.45, 2.75) is 6.61 Å². The Morgan fingerprint density at radius 2 is 2.33 bits per heavy atom. The lowest BCUT2D eigenvalue weighted by atomic mass is 10.2. The lowest BCUT2D eigenvalue weighted by Gasteiger charge is -2.11. The molecule has 2 rings (SSSR count). The molecule has 0 atom stereocenters. The fraction of sp³-hybridized carbons (Fsp3) is 0.333. The molecule has 0 amide bonds. The van der Waals surface area contributed by atoms with Gasteiger partial charge in [0.15, 0.2) is 11.5 Å². The molecule has 1 aliphatic rings. The Morgan fingerprint density at radius 3 is 3.00 bits per heavy atom. The van der Waals surface area contributed by atoms with Gasteiger partial charge in [-0.25, -0.2) is 5.90 Å². The quantitative estimate of drug-likeness (QED) is 0.849. The number of fused-ring (bicyclic) bond motifs is 1. The smallest absolute Gasteiger partial charge is 0.231 e. The van der Waals surface area contributed by atoms with Crippen molar-refractivity contribution in [3.05, 3.63) is 16.1 Å². The Labute approximate surface area is 95.1 Å². The zero-order valence-corrected chi connectivity index (χ0v) is 9.67. The van der Waals surface area contributed by atoms with Crippen LogP contribution in [-0.2, 0) is 11.4 Å². The van der Waals surface area contributed by atoms with Crippen molar-refractivity contribution < 1.29 is 19.0 Å². The van der Waals surface area contributed by atoms with E-state index in [1.165, 1.54) is 0 Å². The number of benzene rings is 1. The van der Waals surface area contributed by atoms with Crippen LogP contribution < -0.4 is 20.1 Å². The third kappa shape index (κ3) is 1.75. The van der Waals surface area contributed by atoms with E-state index in [4.69, 9.17) is 20.1 Å². The molecule has 0 fully saturated rings. The molecule has 1 aliphatic heterocycles. The molecule has 1 aromatic rings. The topological polar surface area (TPSA) is 62.9 Å². The van der Waals surface area contributed by atoms with E-state index in [-0.39, 0.29) is 13.4 Å². The molecule has 0 saturated carbocycles. The summed E-state index contributed by atoms with van der Waals surface area (Å²) in [6, 6.07) is 1.79. The van der Waals surface area contributed by atoms with Gasteiger partial charge in [-0.15, -0.1) is 0 Å². The monoisotopic (exact) mass is 275 g/mol. The van der Waals surface area contributed by atoms with Gasteiger partial charge in [0.2, 0.25) is 6.79 Å². The molecule has 0 aliphatic carbocycles. The van der Waals surface area contributed by atoms with Gasteiger partial charge in [-0.1, -0.05) is 0 Å². The van der Waals surface area contributed by atoms with E-state index in [2.05, 4.69) is 20.8 Å². The Bertz CT molecular complexity index is 383. The van der Waals surface area contributed by atoms with E-state index in [0.29, 0.717) is 21.7 Å². The van der Waals surface area contributed by atoms with Crippen LogP contribution in [0.15, 0.2) is 10.5 Å². The van der Waals surface area contributed by atoms with Gasteiger partial charge in [0, 0.05) is 5.56 Å². The fourth-order valence-electron chi connectivity index (χ4n) is 1.45. The maximum atomic E-state index is 5.28. The van der Waals surface area contributed by atoms with Crippen LogP contribution in [0.4, 0.5) is 0 Å². The van der Waals surface area contributed by atoms with Crippen LogP contribution in [0, 0.1) is 0 Å². The maximum absolute atomic E-state index is 5.28. The van der Waals surface area contributed by atoms with Crippen LogP contribution in [0.3, 0.4) is 0 Å². The van der Waals surface area contributed by atoms with Gasteiger partial charge in [0.25, 0.3) is 0 Å². The zero-order chi connectivity index (χ0) is 10.8. The average Bonchev–Trinajstić information content (AvgIpc) is 2.67. The molecular formula is C9H10BrNO4. The summed E-state index contributed by atoms with van der Waals surface area (Å²) < 4.78 is 16.5. The SMILES string of the molecule is COc1c(CON)cc2c(c1Br)OCO2. The average molecular weight is 276 g/mol. The van der Waals surface area contributed by atoms with E-state index in [0.717, 1.165) is 5.56 Å². The summed E-state index contributed by atoms with van der Waals surface area (Å²) in [6.07, 6.45) is 0. The summed E-state index contributed by atoms with van der Waals surface area (Å²) in [4.78, 5) is 4.59. The van der Waals surface area contributed by atoms with Crippen molar-refractivity contribution in [1.82, 2.24) is 0 Å². The summed E-state index contributed by atoms with van der Waals surface area (Å²) in [6.45, 7) is 0.461. The number of rotatable bonds is 3. The van der Waals surface area contributed by atoms with Crippen LogP contribution in [0.25, 0.3) is 0 Å². The number of ether oxygens (including phenoxy) is 3. The first-order valence-electron chi connectivity index (χ1n) is 4.24. The largest absolute Gasteiger partial charge is 0.495 e. The predicted molar refractivity (Wildman–Crippen MR) is 55.8 cm³/mol. The van der Waals surface area contributed by atoms with E-state index in [1.807, 2.05) is 0 Å². The minimum atomic E-state index is 0.212. The first-order chi connectivity index (χ1) is 7.27. The van der Waals surface area contributed by atoms with Gasteiger partial charge >= 0.3 is 0 Å². The molecule has 0 saturated heterocycles. The highest BCUT2D eigenvalue weighted by Crippen LogP contribution is 2.46. The summed E-state index contributed by atoms with van der Waals surface area (Å²) >= 11 is 3.39. The highest BCUT2D eigenvalue weighted by Gasteiger charge is 2.23. The van der Waals surface area contributed by atoms with Crippen LogP contribution in [-0.4, -0.2) is 13.9 Å². The van der Waals surface area contributed by atoms with E-state index < -0.39 is 0 Å². The normalized spacial score (nSPS) is 13.0. The molecular weight excluding hydrogens is 266 g/mol. The van der Waals surface area contributed by atoms with Crippen LogP contribution in [0.1, 0.15) is 5.56 Å². The van der Waals surface area contributed by atoms with E-state index >= 15 is 0 Å². The van der Waals surface area contributed by atoms with E-state index in [1.54, 1.807) is 13.2 Å². The van der Waals surface area contributed by atoms with Crippen LogP contribution in [0.5, 0.6) is 17.2 Å². The van der Waals surface area contributed by atoms with Crippen LogP contribution in [0.2, 0.25) is 0 Å². The Kier molecular flexibility index (Phi) is 2.99. The molecule has 0 radical (unpaired) electrons. The molecule has 0 spiro atoms. The van der Waals surface area contributed by atoms with Crippen LogP contribution >= 0.6 is 15.9 Å². The third-order valence-corrected chi connectivity index (χ3v) is 2.80. The molecule has 1 heterocycles.